The van der Waals surface area contributed by atoms with Crippen molar-refractivity contribution in [1.29, 1.82) is 0 Å². The van der Waals surface area contributed by atoms with Crippen molar-refractivity contribution in [2.45, 2.75) is 19.4 Å². The zero-order chi connectivity index (χ0) is 14.5. The maximum absolute atomic E-state index is 12.3. The number of rotatable bonds is 4. The summed E-state index contributed by atoms with van der Waals surface area (Å²) in [5, 5.41) is 0. The quantitative estimate of drug-likeness (QED) is 0.838. The molecule has 0 radical (unpaired) electrons. The number of amides is 1. The first kappa shape index (κ1) is 14.7. The summed E-state index contributed by atoms with van der Waals surface area (Å²) in [6.07, 6.45) is 0.477. The van der Waals surface area contributed by atoms with Gasteiger partial charge in [0, 0.05) is 13.1 Å². The van der Waals surface area contributed by atoms with Gasteiger partial charge in [-0.3, -0.25) is 4.79 Å². The van der Waals surface area contributed by atoms with Crippen LogP contribution < -0.4 is 9.47 Å². The van der Waals surface area contributed by atoms with E-state index in [9.17, 15) is 4.79 Å². The maximum atomic E-state index is 12.3. The Morgan fingerprint density at radius 1 is 1.35 bits per heavy atom. The van der Waals surface area contributed by atoms with Crippen LogP contribution in [-0.2, 0) is 16.0 Å². The summed E-state index contributed by atoms with van der Waals surface area (Å²) in [5.74, 6) is 1.43. The third kappa shape index (κ3) is 3.42. The van der Waals surface area contributed by atoms with E-state index < -0.39 is 0 Å². The molecule has 1 saturated heterocycles. The highest BCUT2D eigenvalue weighted by Crippen LogP contribution is 2.27. The molecule has 1 aliphatic rings. The molecule has 1 amide bonds. The molecule has 20 heavy (non-hydrogen) atoms. The van der Waals surface area contributed by atoms with Gasteiger partial charge >= 0.3 is 0 Å². The molecule has 0 aromatic heterocycles. The van der Waals surface area contributed by atoms with Crippen LogP contribution in [-0.4, -0.2) is 50.8 Å². The first-order chi connectivity index (χ1) is 9.63. The second-order valence-corrected chi connectivity index (χ2v) is 4.89. The van der Waals surface area contributed by atoms with Crippen LogP contribution in [0.4, 0.5) is 0 Å². The molecule has 0 spiro atoms. The number of morpholine rings is 1. The van der Waals surface area contributed by atoms with Gasteiger partial charge in [0.05, 0.1) is 33.4 Å². The average molecular weight is 279 g/mol. The zero-order valence-electron chi connectivity index (χ0n) is 12.2. The van der Waals surface area contributed by atoms with Gasteiger partial charge in [-0.25, -0.2) is 0 Å². The van der Waals surface area contributed by atoms with E-state index in [0.29, 0.717) is 37.6 Å². The average Bonchev–Trinajstić information content (AvgIpc) is 2.47. The molecular formula is C15H21NO4. The molecule has 1 aromatic rings. The molecule has 1 aromatic carbocycles. The predicted octanol–water partition coefficient (Wildman–Crippen LogP) is 1.49. The summed E-state index contributed by atoms with van der Waals surface area (Å²) in [6, 6.07) is 5.56. The number of hydrogen-bond acceptors (Lipinski definition) is 4. The lowest BCUT2D eigenvalue weighted by atomic mass is 10.1. The van der Waals surface area contributed by atoms with Gasteiger partial charge in [-0.05, 0) is 24.6 Å². The summed E-state index contributed by atoms with van der Waals surface area (Å²) >= 11 is 0. The van der Waals surface area contributed by atoms with Crippen LogP contribution in [0.5, 0.6) is 11.5 Å². The lowest BCUT2D eigenvalue weighted by Gasteiger charge is -2.31. The lowest BCUT2D eigenvalue weighted by Crippen LogP contribution is -2.45. The Balaban J connectivity index is 2.03. The largest absolute Gasteiger partial charge is 0.493 e. The smallest absolute Gasteiger partial charge is 0.227 e. The molecule has 1 aliphatic heterocycles. The van der Waals surface area contributed by atoms with Gasteiger partial charge in [-0.2, -0.15) is 0 Å². The molecule has 0 saturated carbocycles. The van der Waals surface area contributed by atoms with E-state index in [1.807, 2.05) is 30.0 Å². The Labute approximate surface area is 119 Å². The number of hydrogen-bond donors (Lipinski definition) is 0. The molecule has 2 rings (SSSR count). The van der Waals surface area contributed by atoms with Gasteiger partial charge in [-0.1, -0.05) is 6.07 Å². The van der Waals surface area contributed by atoms with E-state index in [-0.39, 0.29) is 12.0 Å². The van der Waals surface area contributed by atoms with Gasteiger partial charge in [0.1, 0.15) is 0 Å². The predicted molar refractivity (Wildman–Crippen MR) is 75.2 cm³/mol. The van der Waals surface area contributed by atoms with Gasteiger partial charge in [0.2, 0.25) is 5.91 Å². The standard InChI is InChI=1S/C15H21NO4/c1-11-10-16(6-7-20-11)15(17)9-12-4-5-13(18-2)14(8-12)19-3/h4-5,8,11H,6-7,9-10H2,1-3H3/t11-/m0/s1. The second kappa shape index (κ2) is 6.61. The summed E-state index contributed by atoms with van der Waals surface area (Å²) in [4.78, 5) is 14.1. The van der Waals surface area contributed by atoms with E-state index in [1.54, 1.807) is 14.2 Å². The highest BCUT2D eigenvalue weighted by atomic mass is 16.5. The highest BCUT2D eigenvalue weighted by Gasteiger charge is 2.21. The SMILES string of the molecule is COc1ccc(CC(=O)N2CCO[C@@H](C)C2)cc1OC. The van der Waals surface area contributed by atoms with Crippen LogP contribution in [0.2, 0.25) is 0 Å². The fourth-order valence-corrected chi connectivity index (χ4v) is 2.32. The fraction of sp³-hybridized carbons (Fsp3) is 0.533. The number of carbonyl (C=O) groups excluding carboxylic acids is 1. The second-order valence-electron chi connectivity index (χ2n) is 4.89. The van der Waals surface area contributed by atoms with Crippen molar-refractivity contribution in [3.63, 3.8) is 0 Å². The van der Waals surface area contributed by atoms with Crippen molar-refractivity contribution < 1.29 is 19.0 Å². The lowest BCUT2D eigenvalue weighted by molar-refractivity contribution is -0.137. The van der Waals surface area contributed by atoms with Crippen molar-refractivity contribution in [2.75, 3.05) is 33.9 Å². The topological polar surface area (TPSA) is 48.0 Å². The Morgan fingerprint density at radius 3 is 2.75 bits per heavy atom. The molecule has 0 unspecified atom stereocenters. The van der Waals surface area contributed by atoms with E-state index in [2.05, 4.69) is 0 Å². The number of benzene rings is 1. The number of carbonyl (C=O) groups is 1. The third-order valence-electron chi connectivity index (χ3n) is 3.40. The normalized spacial score (nSPS) is 18.8. The molecule has 5 nitrogen and oxygen atoms in total. The van der Waals surface area contributed by atoms with Crippen molar-refractivity contribution in [3.05, 3.63) is 23.8 Å². The molecular weight excluding hydrogens is 258 g/mol. The van der Waals surface area contributed by atoms with Gasteiger partial charge in [0.25, 0.3) is 0 Å². The minimum absolute atomic E-state index is 0.109. The fourth-order valence-electron chi connectivity index (χ4n) is 2.32. The molecule has 1 heterocycles. The number of ether oxygens (including phenoxy) is 3. The van der Waals surface area contributed by atoms with Crippen LogP contribution in [0.3, 0.4) is 0 Å². The number of methoxy groups -OCH3 is 2. The van der Waals surface area contributed by atoms with Crippen molar-refractivity contribution in [1.82, 2.24) is 4.90 Å². The molecule has 1 fully saturated rings. The Bertz CT molecular complexity index is 475. The van der Waals surface area contributed by atoms with Crippen LogP contribution in [0.15, 0.2) is 18.2 Å². The van der Waals surface area contributed by atoms with Crippen LogP contribution >= 0.6 is 0 Å². The summed E-state index contributed by atoms with van der Waals surface area (Å²) < 4.78 is 15.9. The highest BCUT2D eigenvalue weighted by molar-refractivity contribution is 5.79. The van der Waals surface area contributed by atoms with Crippen LogP contribution in [0.1, 0.15) is 12.5 Å². The van der Waals surface area contributed by atoms with Gasteiger partial charge in [-0.15, -0.1) is 0 Å². The minimum atomic E-state index is 0.109. The van der Waals surface area contributed by atoms with Crippen molar-refractivity contribution in [2.24, 2.45) is 0 Å². The van der Waals surface area contributed by atoms with Gasteiger partial charge in [0.15, 0.2) is 11.5 Å². The monoisotopic (exact) mass is 279 g/mol. The number of nitrogens with zero attached hydrogens (tertiary/aromatic N) is 1. The van der Waals surface area contributed by atoms with Crippen LogP contribution in [0, 0.1) is 0 Å². The third-order valence-corrected chi connectivity index (χ3v) is 3.40. The first-order valence-corrected chi connectivity index (χ1v) is 6.74. The molecule has 5 heteroatoms. The van der Waals surface area contributed by atoms with Crippen LogP contribution in [0.25, 0.3) is 0 Å². The summed E-state index contributed by atoms with van der Waals surface area (Å²) in [6.45, 7) is 3.91. The van der Waals surface area contributed by atoms with Crippen molar-refractivity contribution in [3.8, 4) is 11.5 Å². The molecule has 0 bridgehead atoms. The first-order valence-electron chi connectivity index (χ1n) is 6.74. The summed E-state index contributed by atoms with van der Waals surface area (Å²) in [7, 11) is 3.19. The molecule has 0 aliphatic carbocycles. The van der Waals surface area contributed by atoms with E-state index >= 15 is 0 Å². The van der Waals surface area contributed by atoms with Crippen molar-refractivity contribution >= 4 is 5.91 Å². The molecule has 0 N–H and O–H groups in total. The van der Waals surface area contributed by atoms with E-state index in [0.717, 1.165) is 5.56 Å². The Morgan fingerprint density at radius 2 is 2.10 bits per heavy atom. The minimum Gasteiger partial charge on any atom is -0.493 e. The van der Waals surface area contributed by atoms with E-state index in [4.69, 9.17) is 14.2 Å². The maximum Gasteiger partial charge on any atom is 0.227 e. The Hall–Kier alpha value is -1.75. The molecule has 1 atom stereocenters. The Kier molecular flexibility index (Phi) is 4.84. The zero-order valence-corrected chi connectivity index (χ0v) is 12.2. The summed E-state index contributed by atoms with van der Waals surface area (Å²) in [5.41, 5.74) is 0.923. The van der Waals surface area contributed by atoms with Gasteiger partial charge < -0.3 is 19.1 Å². The molecule has 110 valence electrons. The van der Waals surface area contributed by atoms with E-state index in [1.165, 1.54) is 0 Å².